The van der Waals surface area contributed by atoms with Gasteiger partial charge in [0.05, 0.1) is 17.2 Å². The molecule has 0 bridgehead atoms. The number of imidazole rings is 1. The molecule has 0 aromatic carbocycles. The lowest BCUT2D eigenvalue weighted by atomic mass is 9.96. The summed E-state index contributed by atoms with van der Waals surface area (Å²) in [6, 6.07) is 0. The van der Waals surface area contributed by atoms with Gasteiger partial charge in [0.15, 0.2) is 11.0 Å². The molecule has 11 heteroatoms. The average Bonchev–Trinajstić information content (AvgIpc) is 3.28. The van der Waals surface area contributed by atoms with Crippen molar-refractivity contribution < 1.29 is 23.1 Å². The SMILES string of the molecule is CCOC(=O)N1CCC(C(=O)Nc2nc(C)c(-c3nccn3C(F)F)s2)CC1. The second kappa shape index (κ2) is 8.63. The number of ether oxygens (including phenoxy) is 1. The summed E-state index contributed by atoms with van der Waals surface area (Å²) in [5.74, 6) is -0.323. The number of amides is 2. The van der Waals surface area contributed by atoms with E-state index in [9.17, 15) is 18.4 Å². The Bertz CT molecular complexity index is 846. The Morgan fingerprint density at radius 2 is 2.11 bits per heavy atom. The van der Waals surface area contributed by atoms with Gasteiger partial charge in [0, 0.05) is 31.4 Å². The molecule has 0 unspecified atom stereocenters. The van der Waals surface area contributed by atoms with Crippen LogP contribution in [0.15, 0.2) is 12.4 Å². The average molecular weight is 413 g/mol. The van der Waals surface area contributed by atoms with Crippen LogP contribution >= 0.6 is 11.3 Å². The van der Waals surface area contributed by atoms with Crippen LogP contribution in [0.3, 0.4) is 0 Å². The molecule has 3 rings (SSSR count). The number of aryl methyl sites for hydroxylation is 1. The van der Waals surface area contributed by atoms with Gasteiger partial charge < -0.3 is 15.0 Å². The second-order valence-corrected chi connectivity index (χ2v) is 7.32. The minimum absolute atomic E-state index is 0.119. The summed E-state index contributed by atoms with van der Waals surface area (Å²) in [6.07, 6.45) is 3.19. The van der Waals surface area contributed by atoms with E-state index in [0.717, 1.165) is 15.9 Å². The van der Waals surface area contributed by atoms with Crippen LogP contribution in [0.2, 0.25) is 0 Å². The maximum Gasteiger partial charge on any atom is 0.409 e. The van der Waals surface area contributed by atoms with Gasteiger partial charge >= 0.3 is 12.6 Å². The Balaban J connectivity index is 1.63. The van der Waals surface area contributed by atoms with Crippen LogP contribution in [-0.2, 0) is 9.53 Å². The van der Waals surface area contributed by atoms with E-state index in [4.69, 9.17) is 4.74 Å². The second-order valence-electron chi connectivity index (χ2n) is 6.32. The number of thiazole rings is 1. The number of hydrogen-bond donors (Lipinski definition) is 1. The van der Waals surface area contributed by atoms with Crippen LogP contribution in [0.4, 0.5) is 18.7 Å². The van der Waals surface area contributed by atoms with Crippen LogP contribution in [-0.4, -0.2) is 51.1 Å². The van der Waals surface area contributed by atoms with Crippen molar-refractivity contribution in [1.82, 2.24) is 19.4 Å². The van der Waals surface area contributed by atoms with Crippen molar-refractivity contribution in [2.75, 3.05) is 25.0 Å². The third-order valence-electron chi connectivity index (χ3n) is 4.50. The lowest BCUT2D eigenvalue weighted by Crippen LogP contribution is -2.41. The number of hydrogen-bond acceptors (Lipinski definition) is 6. The van der Waals surface area contributed by atoms with Crippen molar-refractivity contribution >= 4 is 28.5 Å². The molecule has 1 aliphatic rings. The first kappa shape index (κ1) is 20.2. The van der Waals surface area contributed by atoms with Gasteiger partial charge in [-0.3, -0.25) is 9.36 Å². The molecule has 0 saturated carbocycles. The maximum absolute atomic E-state index is 13.1. The quantitative estimate of drug-likeness (QED) is 0.810. The van der Waals surface area contributed by atoms with Gasteiger partial charge in [-0.05, 0) is 26.7 Å². The number of nitrogens with one attached hydrogen (secondary N) is 1. The van der Waals surface area contributed by atoms with Gasteiger partial charge in [0.1, 0.15) is 0 Å². The first-order valence-corrected chi connectivity index (χ1v) is 9.73. The van der Waals surface area contributed by atoms with E-state index in [0.29, 0.717) is 48.2 Å². The summed E-state index contributed by atoms with van der Waals surface area (Å²) >= 11 is 1.11. The van der Waals surface area contributed by atoms with E-state index in [1.807, 2.05) is 0 Å². The van der Waals surface area contributed by atoms with Crippen LogP contribution in [0.1, 0.15) is 32.0 Å². The summed E-state index contributed by atoms with van der Waals surface area (Å²) in [5, 5.41) is 3.10. The highest BCUT2D eigenvalue weighted by molar-refractivity contribution is 7.19. The molecule has 1 fully saturated rings. The van der Waals surface area contributed by atoms with Gasteiger partial charge in [-0.25, -0.2) is 14.8 Å². The summed E-state index contributed by atoms with van der Waals surface area (Å²) < 4.78 is 31.9. The first-order chi connectivity index (χ1) is 13.4. The highest BCUT2D eigenvalue weighted by Crippen LogP contribution is 2.34. The predicted octanol–water partition coefficient (Wildman–Crippen LogP) is 3.52. The Labute approximate surface area is 164 Å². The lowest BCUT2D eigenvalue weighted by Gasteiger charge is -2.30. The van der Waals surface area contributed by atoms with Crippen LogP contribution < -0.4 is 5.32 Å². The van der Waals surface area contributed by atoms with Crippen molar-refractivity contribution in [3.63, 3.8) is 0 Å². The van der Waals surface area contributed by atoms with Crippen molar-refractivity contribution in [2.45, 2.75) is 33.2 Å². The smallest absolute Gasteiger partial charge is 0.409 e. The molecular formula is C17H21F2N5O3S. The molecule has 0 aliphatic carbocycles. The number of likely N-dealkylation sites (tertiary alicyclic amines) is 1. The van der Waals surface area contributed by atoms with E-state index in [-0.39, 0.29) is 23.7 Å². The van der Waals surface area contributed by atoms with Crippen molar-refractivity contribution in [1.29, 1.82) is 0 Å². The molecule has 8 nitrogen and oxygen atoms in total. The number of carbonyl (C=O) groups excluding carboxylic acids is 2. The molecule has 2 aromatic heterocycles. The maximum atomic E-state index is 13.1. The number of rotatable bonds is 5. The zero-order chi connectivity index (χ0) is 20.3. The van der Waals surface area contributed by atoms with Crippen LogP contribution in [0.5, 0.6) is 0 Å². The zero-order valence-corrected chi connectivity index (χ0v) is 16.3. The van der Waals surface area contributed by atoms with Crippen LogP contribution in [0, 0.1) is 12.8 Å². The van der Waals surface area contributed by atoms with Gasteiger partial charge in [0.25, 0.3) is 0 Å². The number of alkyl halides is 2. The number of aromatic nitrogens is 3. The fourth-order valence-electron chi connectivity index (χ4n) is 3.05. The van der Waals surface area contributed by atoms with E-state index in [2.05, 4.69) is 15.3 Å². The van der Waals surface area contributed by atoms with Gasteiger partial charge in [-0.1, -0.05) is 11.3 Å². The predicted molar refractivity (Wildman–Crippen MR) is 99.3 cm³/mol. The molecule has 1 saturated heterocycles. The molecule has 1 aliphatic heterocycles. The molecule has 0 radical (unpaired) electrons. The Morgan fingerprint density at radius 1 is 1.39 bits per heavy atom. The fraction of sp³-hybridized carbons (Fsp3) is 0.529. The highest BCUT2D eigenvalue weighted by Gasteiger charge is 2.29. The van der Waals surface area contributed by atoms with Gasteiger partial charge in [0.2, 0.25) is 5.91 Å². The zero-order valence-electron chi connectivity index (χ0n) is 15.5. The summed E-state index contributed by atoms with van der Waals surface area (Å²) in [7, 11) is 0. The number of piperidine rings is 1. The third-order valence-corrected chi connectivity index (χ3v) is 5.57. The molecule has 0 atom stereocenters. The summed E-state index contributed by atoms with van der Waals surface area (Å²) in [6.45, 7) is 1.94. The number of anilines is 1. The normalized spacial score (nSPS) is 15.1. The molecule has 2 aromatic rings. The van der Waals surface area contributed by atoms with Crippen molar-refractivity contribution in [3.05, 3.63) is 18.1 Å². The minimum Gasteiger partial charge on any atom is -0.450 e. The number of nitrogens with zero attached hydrogens (tertiary/aromatic N) is 4. The standard InChI is InChI=1S/C17H21F2N5O3S/c1-3-27-17(26)23-7-4-11(5-8-23)14(25)22-16-21-10(2)12(28-16)13-20-6-9-24(13)15(18)19/h6,9,11,15H,3-5,7-8H2,1-2H3,(H,21,22,25). The molecule has 1 N–H and O–H groups in total. The number of halogens is 2. The number of carbonyl (C=O) groups is 2. The minimum atomic E-state index is -2.71. The van der Waals surface area contributed by atoms with Crippen molar-refractivity contribution in [2.24, 2.45) is 5.92 Å². The van der Waals surface area contributed by atoms with E-state index >= 15 is 0 Å². The first-order valence-electron chi connectivity index (χ1n) is 8.92. The van der Waals surface area contributed by atoms with Gasteiger partial charge in [-0.2, -0.15) is 8.78 Å². The Kier molecular flexibility index (Phi) is 6.22. The molecule has 152 valence electrons. The summed E-state index contributed by atoms with van der Waals surface area (Å²) in [5.41, 5.74) is 0.519. The van der Waals surface area contributed by atoms with E-state index in [1.54, 1.807) is 18.7 Å². The topological polar surface area (TPSA) is 89.3 Å². The Hall–Kier alpha value is -2.56. The molecule has 2 amide bonds. The van der Waals surface area contributed by atoms with Crippen molar-refractivity contribution in [3.8, 4) is 10.7 Å². The third kappa shape index (κ3) is 4.29. The van der Waals surface area contributed by atoms with E-state index < -0.39 is 6.55 Å². The molecule has 0 spiro atoms. The molecule has 3 heterocycles. The molecular weight excluding hydrogens is 392 g/mol. The molecule has 28 heavy (non-hydrogen) atoms. The summed E-state index contributed by atoms with van der Waals surface area (Å²) in [4.78, 5) is 34.6. The fourth-order valence-corrected chi connectivity index (χ4v) is 4.02. The monoisotopic (exact) mass is 413 g/mol. The Morgan fingerprint density at radius 3 is 2.75 bits per heavy atom. The lowest BCUT2D eigenvalue weighted by molar-refractivity contribution is -0.121. The van der Waals surface area contributed by atoms with Gasteiger partial charge in [-0.15, -0.1) is 0 Å². The largest absolute Gasteiger partial charge is 0.450 e. The van der Waals surface area contributed by atoms with Crippen LogP contribution in [0.25, 0.3) is 10.7 Å². The van der Waals surface area contributed by atoms with E-state index in [1.165, 1.54) is 12.4 Å². The highest BCUT2D eigenvalue weighted by atomic mass is 32.1.